The largest absolute Gasteiger partial charge is 0.298 e. The van der Waals surface area contributed by atoms with E-state index in [1.807, 2.05) is 13.0 Å². The molecule has 0 aromatic heterocycles. The molecule has 3 N–H and O–H groups in total. The van der Waals surface area contributed by atoms with Gasteiger partial charge in [-0.3, -0.25) is 30.5 Å². The zero-order chi connectivity index (χ0) is 25.0. The van der Waals surface area contributed by atoms with Gasteiger partial charge in [0, 0.05) is 22.8 Å². The SMILES string of the molecule is C=C(NNC(=O)c1cccc(S(=O)(=O)Nc2ccc(C)cc2C)c1)c1ccc(C)c([N+](=O)[O-])c1. The van der Waals surface area contributed by atoms with Crippen LogP contribution >= 0.6 is 0 Å². The third kappa shape index (κ3) is 5.59. The Labute approximate surface area is 197 Å². The molecule has 0 radical (unpaired) electrons. The Morgan fingerprint density at radius 3 is 2.32 bits per heavy atom. The molecule has 0 atom stereocenters. The first kappa shape index (κ1) is 24.5. The lowest BCUT2D eigenvalue weighted by Crippen LogP contribution is -2.36. The van der Waals surface area contributed by atoms with Gasteiger partial charge in [-0.1, -0.05) is 42.5 Å². The van der Waals surface area contributed by atoms with Crippen LogP contribution in [0.4, 0.5) is 11.4 Å². The number of rotatable bonds is 8. The highest BCUT2D eigenvalue weighted by Gasteiger charge is 2.18. The number of carbonyl (C=O) groups is 1. The molecular formula is C24H24N4O5S. The second-order valence-electron chi connectivity index (χ2n) is 7.77. The number of hydrazine groups is 1. The molecule has 3 rings (SSSR count). The predicted molar refractivity (Wildman–Crippen MR) is 131 cm³/mol. The van der Waals surface area contributed by atoms with E-state index in [2.05, 4.69) is 22.2 Å². The molecule has 0 aliphatic carbocycles. The maximum atomic E-state index is 12.9. The van der Waals surface area contributed by atoms with E-state index in [9.17, 15) is 23.3 Å². The Morgan fingerprint density at radius 2 is 1.65 bits per heavy atom. The van der Waals surface area contributed by atoms with E-state index in [0.717, 1.165) is 11.1 Å². The molecule has 0 fully saturated rings. The third-order valence-corrected chi connectivity index (χ3v) is 6.48. The minimum absolute atomic E-state index is 0.0685. The molecule has 0 spiro atoms. The molecule has 0 aliphatic rings. The van der Waals surface area contributed by atoms with Gasteiger partial charge in [0.05, 0.1) is 21.2 Å². The molecule has 3 aromatic carbocycles. The topological polar surface area (TPSA) is 130 Å². The zero-order valence-electron chi connectivity index (χ0n) is 18.9. The maximum Gasteiger partial charge on any atom is 0.272 e. The van der Waals surface area contributed by atoms with Crippen molar-refractivity contribution in [2.75, 3.05) is 4.72 Å². The highest BCUT2D eigenvalue weighted by Crippen LogP contribution is 2.23. The van der Waals surface area contributed by atoms with Gasteiger partial charge in [-0.25, -0.2) is 8.42 Å². The molecule has 3 aromatic rings. The summed E-state index contributed by atoms with van der Waals surface area (Å²) in [4.78, 5) is 23.2. The number of anilines is 1. The minimum atomic E-state index is -3.93. The standard InChI is InChI=1S/C24H24N4O5S/c1-15-8-11-22(17(3)12-15)27-34(32,33)21-7-5-6-20(13-21)24(29)26-25-18(4)19-10-9-16(2)23(14-19)28(30)31/h5-14,25,27H,4H2,1-3H3,(H,26,29). The lowest BCUT2D eigenvalue weighted by molar-refractivity contribution is -0.385. The number of aryl methyl sites for hydroxylation is 3. The summed E-state index contributed by atoms with van der Waals surface area (Å²) >= 11 is 0. The van der Waals surface area contributed by atoms with Crippen molar-refractivity contribution in [3.8, 4) is 0 Å². The summed E-state index contributed by atoms with van der Waals surface area (Å²) in [6.45, 7) is 9.12. The average Bonchev–Trinajstić information content (AvgIpc) is 2.79. The first-order valence-corrected chi connectivity index (χ1v) is 11.7. The Hall–Kier alpha value is -4.18. The first-order chi connectivity index (χ1) is 16.0. The molecule has 0 aliphatic heterocycles. The number of nitro groups is 1. The lowest BCUT2D eigenvalue weighted by atomic mass is 10.1. The summed E-state index contributed by atoms with van der Waals surface area (Å²) < 4.78 is 28.2. The predicted octanol–water partition coefficient (Wildman–Crippen LogP) is 4.23. The number of nitrogens with one attached hydrogen (secondary N) is 3. The first-order valence-electron chi connectivity index (χ1n) is 10.2. The van der Waals surface area contributed by atoms with Gasteiger partial charge in [-0.15, -0.1) is 0 Å². The van der Waals surface area contributed by atoms with Crippen LogP contribution in [0.2, 0.25) is 0 Å². The number of carbonyl (C=O) groups excluding carboxylic acids is 1. The molecule has 1 amide bonds. The van der Waals surface area contributed by atoms with Crippen LogP contribution in [0.3, 0.4) is 0 Å². The van der Waals surface area contributed by atoms with Gasteiger partial charge >= 0.3 is 0 Å². The van der Waals surface area contributed by atoms with Crippen LogP contribution in [0.5, 0.6) is 0 Å². The van der Waals surface area contributed by atoms with Gasteiger partial charge in [0.1, 0.15) is 0 Å². The van der Waals surface area contributed by atoms with Gasteiger partial charge in [0.25, 0.3) is 21.6 Å². The number of sulfonamides is 1. The molecular weight excluding hydrogens is 456 g/mol. The Balaban J connectivity index is 1.73. The van der Waals surface area contributed by atoms with Crippen molar-refractivity contribution in [2.45, 2.75) is 25.7 Å². The molecule has 9 nitrogen and oxygen atoms in total. The van der Waals surface area contributed by atoms with E-state index in [1.54, 1.807) is 38.1 Å². The summed E-state index contributed by atoms with van der Waals surface area (Å²) in [6.07, 6.45) is 0. The third-order valence-electron chi connectivity index (χ3n) is 5.11. The Kier molecular flexibility index (Phi) is 7.02. The number of benzene rings is 3. The van der Waals surface area contributed by atoms with Crippen molar-refractivity contribution in [2.24, 2.45) is 0 Å². The molecule has 0 bridgehead atoms. The number of hydrogen-bond acceptors (Lipinski definition) is 6. The molecule has 10 heteroatoms. The van der Waals surface area contributed by atoms with Gasteiger partial charge in [0.2, 0.25) is 0 Å². The summed E-state index contributed by atoms with van der Waals surface area (Å²) in [6, 6.07) is 15.5. The van der Waals surface area contributed by atoms with Gasteiger partial charge in [-0.05, 0) is 50.6 Å². The lowest BCUT2D eigenvalue weighted by Gasteiger charge is -2.13. The zero-order valence-corrected chi connectivity index (χ0v) is 19.7. The fourth-order valence-electron chi connectivity index (χ4n) is 3.21. The van der Waals surface area contributed by atoms with Crippen LogP contribution in [-0.2, 0) is 10.0 Å². The average molecular weight is 481 g/mol. The summed E-state index contributed by atoms with van der Waals surface area (Å²) in [5.74, 6) is -0.605. The number of nitrogens with zero attached hydrogens (tertiary/aromatic N) is 1. The van der Waals surface area contributed by atoms with Crippen molar-refractivity contribution < 1.29 is 18.1 Å². The van der Waals surface area contributed by atoms with Crippen LogP contribution in [0.1, 0.15) is 32.6 Å². The van der Waals surface area contributed by atoms with E-state index in [-0.39, 0.29) is 21.8 Å². The van der Waals surface area contributed by atoms with Crippen LogP contribution in [0.15, 0.2) is 72.1 Å². The van der Waals surface area contributed by atoms with Crippen LogP contribution in [0.25, 0.3) is 5.70 Å². The highest BCUT2D eigenvalue weighted by atomic mass is 32.2. The van der Waals surface area contributed by atoms with E-state index in [4.69, 9.17) is 0 Å². The highest BCUT2D eigenvalue weighted by molar-refractivity contribution is 7.92. The van der Waals surface area contributed by atoms with Crippen LogP contribution in [0, 0.1) is 30.9 Å². The minimum Gasteiger partial charge on any atom is -0.298 e. The number of amides is 1. The quantitative estimate of drug-likeness (QED) is 0.327. The van der Waals surface area contributed by atoms with Crippen molar-refractivity contribution in [3.05, 3.63) is 105 Å². The van der Waals surface area contributed by atoms with E-state index in [1.165, 1.54) is 30.3 Å². The maximum absolute atomic E-state index is 12.9. The van der Waals surface area contributed by atoms with Crippen molar-refractivity contribution >= 4 is 33.0 Å². The Morgan fingerprint density at radius 1 is 0.912 bits per heavy atom. The number of hydrogen-bond donors (Lipinski definition) is 3. The fourth-order valence-corrected chi connectivity index (χ4v) is 4.38. The monoisotopic (exact) mass is 480 g/mol. The van der Waals surface area contributed by atoms with Crippen molar-refractivity contribution in [1.82, 2.24) is 10.9 Å². The van der Waals surface area contributed by atoms with Crippen molar-refractivity contribution in [1.29, 1.82) is 0 Å². The fraction of sp³-hybridized carbons (Fsp3) is 0.125. The second-order valence-corrected chi connectivity index (χ2v) is 9.45. The molecule has 34 heavy (non-hydrogen) atoms. The summed E-state index contributed by atoms with van der Waals surface area (Å²) in [5, 5.41) is 11.1. The molecule has 0 heterocycles. The normalized spacial score (nSPS) is 10.9. The van der Waals surface area contributed by atoms with E-state index < -0.39 is 20.9 Å². The van der Waals surface area contributed by atoms with Crippen LogP contribution < -0.4 is 15.6 Å². The van der Waals surface area contributed by atoms with Crippen LogP contribution in [-0.4, -0.2) is 19.2 Å². The Bertz CT molecular complexity index is 1400. The van der Waals surface area contributed by atoms with Gasteiger partial charge < -0.3 is 0 Å². The molecule has 176 valence electrons. The summed E-state index contributed by atoms with van der Waals surface area (Å²) in [5.41, 5.74) is 8.46. The van der Waals surface area contributed by atoms with Gasteiger partial charge in [0.15, 0.2) is 0 Å². The summed E-state index contributed by atoms with van der Waals surface area (Å²) in [7, 11) is -3.93. The molecule has 0 saturated carbocycles. The number of nitro benzene ring substituents is 1. The van der Waals surface area contributed by atoms with E-state index >= 15 is 0 Å². The molecule has 0 unspecified atom stereocenters. The second kappa shape index (κ2) is 9.75. The molecule has 0 saturated heterocycles. The smallest absolute Gasteiger partial charge is 0.272 e. The van der Waals surface area contributed by atoms with Crippen molar-refractivity contribution in [3.63, 3.8) is 0 Å². The van der Waals surface area contributed by atoms with Gasteiger partial charge in [-0.2, -0.15) is 0 Å². The van der Waals surface area contributed by atoms with E-state index in [0.29, 0.717) is 16.8 Å².